The second kappa shape index (κ2) is 37.3. The van der Waals surface area contributed by atoms with Gasteiger partial charge in [0.1, 0.15) is 23.1 Å². The van der Waals surface area contributed by atoms with Crippen LogP contribution >= 0.6 is 0 Å². The van der Waals surface area contributed by atoms with Crippen LogP contribution in [0.15, 0.2) is 84.7 Å². The molecule has 544 valence electrons. The van der Waals surface area contributed by atoms with Crippen LogP contribution in [0.3, 0.4) is 0 Å². The van der Waals surface area contributed by atoms with Crippen molar-refractivity contribution in [1.82, 2.24) is 60.0 Å². The van der Waals surface area contributed by atoms with Crippen LogP contribution in [0.1, 0.15) is 144 Å². The van der Waals surface area contributed by atoms with E-state index in [-0.39, 0.29) is 99.5 Å². The lowest BCUT2D eigenvalue weighted by Gasteiger charge is -2.34. The molecule has 1 saturated heterocycles. The number of hydrogen-bond donors (Lipinski definition) is 6. The first kappa shape index (κ1) is 78.2. The number of aromatic nitrogens is 4. The number of carbonyl (C=O) groups is 7. The number of nitrogens with two attached hydrogens (primary N) is 2. The van der Waals surface area contributed by atoms with Crippen molar-refractivity contribution in [2.75, 3.05) is 130 Å². The van der Waals surface area contributed by atoms with E-state index in [2.05, 4.69) is 115 Å². The van der Waals surface area contributed by atoms with Crippen LogP contribution in [0.25, 0.3) is 44.8 Å². The van der Waals surface area contributed by atoms with E-state index in [4.69, 9.17) is 30.9 Å². The first-order valence-corrected chi connectivity index (χ1v) is 35.7. The molecule has 7 rings (SSSR count). The van der Waals surface area contributed by atoms with Crippen LogP contribution in [-0.2, 0) is 44.4 Å². The Morgan fingerprint density at radius 2 is 1.10 bits per heavy atom. The molecule has 24 nitrogen and oxygen atoms in total. The largest absolute Gasteiger partial charge is 0.494 e. The standard InChI is InChI=1S/C76H111N15O9/c1-13-31-87(67(94)24-19-39-99-58-22-17-21-54(42-58)73-81-61-27-25-53(5)41-63(61)83-73)49-68(95)88(32-14-2)50-69(96)89(33-15-3)51-70(97)90(34-16-4)52-71(98)91(48-65(78)92)47-56(77)46-79-29-20-30-80-66(93)23-18-40-100-72-59(75(6,7)8)43-55(44-60(72)76(9,10)11)74-82-62-28-26-57(45-64(62)84-74)86-37-35-85(12)36-38-86/h17,21-22,25-28,41-46,79H,13-16,18-20,23-24,29-40,47-52,77H2,1-12H3,(H2,78,92)(H,80,93)(H,81,83)(H,82,84)/b56-46-. The van der Waals surface area contributed by atoms with Crippen molar-refractivity contribution in [3.05, 3.63) is 101 Å². The second-order valence-corrected chi connectivity index (χ2v) is 28.4. The van der Waals surface area contributed by atoms with Gasteiger partial charge in [0.15, 0.2) is 0 Å². The minimum absolute atomic E-state index is 0.0992. The van der Waals surface area contributed by atoms with E-state index in [0.717, 1.165) is 93.5 Å². The summed E-state index contributed by atoms with van der Waals surface area (Å²) in [5.74, 6) is 0.0265. The predicted octanol–water partition coefficient (Wildman–Crippen LogP) is 8.61. The van der Waals surface area contributed by atoms with Gasteiger partial charge in [0.2, 0.25) is 41.4 Å². The quantitative estimate of drug-likeness (QED) is 0.0198. The Labute approximate surface area is 591 Å². The number of benzene rings is 4. The van der Waals surface area contributed by atoms with Gasteiger partial charge in [-0.1, -0.05) is 87.4 Å². The van der Waals surface area contributed by atoms with E-state index in [9.17, 15) is 33.6 Å². The number of nitrogens with zero attached hydrogens (tertiary/aromatic N) is 9. The maximum atomic E-state index is 14.1. The summed E-state index contributed by atoms with van der Waals surface area (Å²) in [5.41, 5.74) is 21.7. The highest BCUT2D eigenvalue weighted by molar-refractivity contribution is 5.92. The lowest BCUT2D eigenvalue weighted by molar-refractivity contribution is -0.147. The first-order chi connectivity index (χ1) is 47.7. The van der Waals surface area contributed by atoms with Crippen molar-refractivity contribution in [3.8, 4) is 34.3 Å². The Morgan fingerprint density at radius 1 is 0.560 bits per heavy atom. The molecular weight excluding hydrogens is 1270 g/mol. The summed E-state index contributed by atoms with van der Waals surface area (Å²) in [5, 5.41) is 6.11. The molecule has 0 radical (unpaired) electrons. The number of hydrogen-bond acceptors (Lipinski definition) is 15. The summed E-state index contributed by atoms with van der Waals surface area (Å²) < 4.78 is 12.7. The number of rotatable bonds is 38. The third kappa shape index (κ3) is 23.2. The molecule has 0 saturated carbocycles. The van der Waals surface area contributed by atoms with Crippen molar-refractivity contribution < 1.29 is 43.0 Å². The van der Waals surface area contributed by atoms with Crippen molar-refractivity contribution in [3.63, 3.8) is 0 Å². The molecule has 6 aromatic rings. The zero-order chi connectivity index (χ0) is 72.7. The number of anilines is 1. The molecule has 3 heterocycles. The molecule has 0 bridgehead atoms. The van der Waals surface area contributed by atoms with E-state index in [1.165, 1.54) is 36.4 Å². The molecule has 1 aliphatic heterocycles. The number of fused-ring (bicyclic) bond motifs is 2. The fourth-order valence-corrected chi connectivity index (χ4v) is 12.1. The number of amides is 7. The summed E-state index contributed by atoms with van der Waals surface area (Å²) >= 11 is 0. The molecule has 1 fully saturated rings. The molecule has 0 unspecified atom stereocenters. The van der Waals surface area contributed by atoms with Crippen molar-refractivity contribution >= 4 is 69.1 Å². The van der Waals surface area contributed by atoms with Crippen molar-refractivity contribution in [2.24, 2.45) is 11.5 Å². The Morgan fingerprint density at radius 3 is 1.68 bits per heavy atom. The molecule has 7 amide bonds. The highest BCUT2D eigenvalue weighted by Gasteiger charge is 2.31. The number of H-pyrrole nitrogens is 2. The fraction of sp³-hybridized carbons (Fsp3) is 0.539. The average molecular weight is 1380 g/mol. The van der Waals surface area contributed by atoms with E-state index in [0.29, 0.717) is 76.9 Å². The minimum atomic E-state index is -0.774. The molecule has 0 atom stereocenters. The average Bonchev–Trinajstić information content (AvgIpc) is 0.994. The number of carbonyl (C=O) groups excluding carboxylic acids is 7. The molecular formula is C76H111N15O9. The number of aromatic amines is 2. The van der Waals surface area contributed by atoms with Crippen LogP contribution in [0.4, 0.5) is 5.69 Å². The van der Waals surface area contributed by atoms with Crippen LogP contribution in [0.5, 0.6) is 11.5 Å². The number of imidazole rings is 2. The SMILES string of the molecule is CCCN(CC(=O)N(CCC)CC(=O)N(CCC)CC(=O)N(CCC)CC(=O)N(CC(N)=O)C/C(N)=C/NCCCNC(=O)CCCOc1c(C(C)(C)C)cc(-c2nc3cc(N4CCN(C)CC4)ccc3[nH]2)cc1C(C)(C)C)C(=O)CCCOc1cccc(-c2nc3ccc(C)cc3[nH]2)c1. The van der Waals surface area contributed by atoms with Crippen molar-refractivity contribution in [1.29, 1.82) is 0 Å². The Kier molecular flexibility index (Phi) is 29.1. The van der Waals surface area contributed by atoms with Gasteiger partial charge in [0.25, 0.3) is 0 Å². The van der Waals surface area contributed by atoms with Gasteiger partial charge in [-0.15, -0.1) is 0 Å². The normalized spacial score (nSPS) is 12.9. The predicted molar refractivity (Wildman–Crippen MR) is 396 cm³/mol. The number of nitrogens with one attached hydrogen (secondary N) is 4. The highest BCUT2D eigenvalue weighted by atomic mass is 16.5. The number of aryl methyl sites for hydroxylation is 1. The van der Waals surface area contributed by atoms with Gasteiger partial charge in [-0.25, -0.2) is 9.97 Å². The smallest absolute Gasteiger partial charge is 0.243 e. The van der Waals surface area contributed by atoms with Gasteiger partial charge >= 0.3 is 0 Å². The fourth-order valence-electron chi connectivity index (χ4n) is 12.1. The van der Waals surface area contributed by atoms with E-state index in [1.54, 1.807) is 0 Å². The van der Waals surface area contributed by atoms with Gasteiger partial charge < -0.3 is 75.8 Å². The number of piperazine rings is 1. The summed E-state index contributed by atoms with van der Waals surface area (Å²) in [6, 6.07) is 24.5. The number of ether oxygens (including phenoxy) is 2. The molecule has 24 heteroatoms. The summed E-state index contributed by atoms with van der Waals surface area (Å²) in [6.07, 6.45) is 5.62. The van der Waals surface area contributed by atoms with E-state index < -0.39 is 36.7 Å². The lowest BCUT2D eigenvalue weighted by Crippen LogP contribution is -2.51. The van der Waals surface area contributed by atoms with Gasteiger partial charge in [-0.2, -0.15) is 0 Å². The van der Waals surface area contributed by atoms with Gasteiger partial charge in [0.05, 0.1) is 74.5 Å². The maximum Gasteiger partial charge on any atom is 0.243 e. The van der Waals surface area contributed by atoms with E-state index >= 15 is 0 Å². The molecule has 1 aliphatic rings. The summed E-state index contributed by atoms with van der Waals surface area (Å²) in [4.78, 5) is 124. The Hall–Kier alpha value is -9.19. The molecule has 100 heavy (non-hydrogen) atoms. The zero-order valence-corrected chi connectivity index (χ0v) is 61.5. The topological polar surface area (TPSA) is 294 Å². The van der Waals surface area contributed by atoms with Crippen LogP contribution in [0.2, 0.25) is 0 Å². The zero-order valence-electron chi connectivity index (χ0n) is 61.5. The highest BCUT2D eigenvalue weighted by Crippen LogP contribution is 2.43. The van der Waals surface area contributed by atoms with Crippen molar-refractivity contribution in [2.45, 2.75) is 145 Å². The molecule has 0 spiro atoms. The number of likely N-dealkylation sites (N-methyl/N-ethyl adjacent to an activating group) is 1. The lowest BCUT2D eigenvalue weighted by atomic mass is 9.78. The van der Waals surface area contributed by atoms with Gasteiger partial charge in [-0.05, 0) is 130 Å². The molecule has 0 aliphatic carbocycles. The van der Waals surface area contributed by atoms with Crippen LogP contribution in [-0.4, -0.2) is 216 Å². The number of primary amides is 1. The maximum absolute atomic E-state index is 14.1. The summed E-state index contributed by atoms with van der Waals surface area (Å²) in [6.45, 7) is 27.2. The summed E-state index contributed by atoms with van der Waals surface area (Å²) in [7, 11) is 2.16. The minimum Gasteiger partial charge on any atom is -0.494 e. The first-order valence-electron chi connectivity index (χ1n) is 35.7. The monoisotopic (exact) mass is 1380 g/mol. The van der Waals surface area contributed by atoms with E-state index in [1.807, 2.05) is 71.0 Å². The third-order valence-corrected chi connectivity index (χ3v) is 17.5. The molecule has 8 N–H and O–H groups in total. The van der Waals surface area contributed by atoms with Gasteiger partial charge in [-0.3, -0.25) is 33.6 Å². The molecule has 2 aromatic heterocycles. The van der Waals surface area contributed by atoms with Gasteiger partial charge in [0, 0.05) is 118 Å². The van der Waals surface area contributed by atoms with Crippen LogP contribution < -0.4 is 36.5 Å². The second-order valence-electron chi connectivity index (χ2n) is 28.4. The van der Waals surface area contributed by atoms with Crippen LogP contribution in [0, 0.1) is 6.92 Å². The Bertz CT molecular complexity index is 3730. The third-order valence-electron chi connectivity index (χ3n) is 17.5. The Balaban J connectivity index is 0.842. The molecule has 4 aromatic carbocycles.